The third-order valence-electron chi connectivity index (χ3n) is 5.95. The quantitative estimate of drug-likeness (QED) is 0.374. The first-order valence-electron chi connectivity index (χ1n) is 10.8. The summed E-state index contributed by atoms with van der Waals surface area (Å²) in [4.78, 5) is 34.6. The van der Waals surface area contributed by atoms with Gasteiger partial charge < -0.3 is 25.1 Å². The van der Waals surface area contributed by atoms with Gasteiger partial charge in [-0.05, 0) is 31.9 Å². The Morgan fingerprint density at radius 1 is 1.32 bits per heavy atom. The summed E-state index contributed by atoms with van der Waals surface area (Å²) in [5.41, 5.74) is 1.21. The van der Waals surface area contributed by atoms with Crippen LogP contribution >= 0.6 is 0 Å². The van der Waals surface area contributed by atoms with Crippen molar-refractivity contribution in [1.82, 2.24) is 29.5 Å². The van der Waals surface area contributed by atoms with Gasteiger partial charge in [-0.2, -0.15) is 9.61 Å². The minimum atomic E-state index is -0.336. The molecule has 1 amide bonds. The minimum absolute atomic E-state index is 0.0112. The third kappa shape index (κ3) is 3.67. The normalized spacial score (nSPS) is 17.4. The Morgan fingerprint density at radius 2 is 2.18 bits per heavy atom. The van der Waals surface area contributed by atoms with Crippen molar-refractivity contribution in [2.45, 2.75) is 31.9 Å². The number of oxazole rings is 1. The van der Waals surface area contributed by atoms with E-state index in [1.807, 2.05) is 0 Å². The monoisotopic (exact) mass is 464 g/mol. The number of aromatic nitrogens is 5. The van der Waals surface area contributed by atoms with E-state index < -0.39 is 0 Å². The molecule has 4 aromatic rings. The standard InChI is InChI=1S/C22H24N8O4/c1-12-22(34-11-24-12)29-8-4-5-15(21(29)32)26-17-9-18(23-2)30-19(28-17)13(10-25-30)20(31)27-14-6-7-16(14)33-3/h4-5,8-11,14,16,23H,6-7H2,1-3H3,(H,26,28)(H,27,31). The van der Waals surface area contributed by atoms with Crippen LogP contribution in [0.3, 0.4) is 0 Å². The lowest BCUT2D eigenvalue weighted by Gasteiger charge is -2.35. The topological polar surface area (TPSA) is 141 Å². The molecule has 34 heavy (non-hydrogen) atoms. The molecule has 4 heterocycles. The summed E-state index contributed by atoms with van der Waals surface area (Å²) in [6, 6.07) is 5.01. The molecule has 3 N–H and O–H groups in total. The van der Waals surface area contributed by atoms with Crippen LogP contribution in [-0.2, 0) is 4.74 Å². The average molecular weight is 464 g/mol. The number of rotatable bonds is 7. The van der Waals surface area contributed by atoms with Crippen LogP contribution < -0.4 is 21.5 Å². The summed E-state index contributed by atoms with van der Waals surface area (Å²) in [6.45, 7) is 1.75. The maximum atomic E-state index is 13.1. The van der Waals surface area contributed by atoms with E-state index in [-0.39, 0.29) is 29.3 Å². The fourth-order valence-electron chi connectivity index (χ4n) is 3.94. The number of fused-ring (bicyclic) bond motifs is 1. The number of aryl methyl sites for hydroxylation is 1. The molecule has 4 aromatic heterocycles. The van der Waals surface area contributed by atoms with Crippen LogP contribution in [-0.4, -0.2) is 56.4 Å². The van der Waals surface area contributed by atoms with E-state index in [1.54, 1.807) is 45.5 Å². The molecule has 0 aromatic carbocycles. The number of nitrogens with zero attached hydrogens (tertiary/aromatic N) is 5. The smallest absolute Gasteiger partial charge is 0.281 e. The molecule has 1 saturated carbocycles. The van der Waals surface area contributed by atoms with Gasteiger partial charge >= 0.3 is 0 Å². The summed E-state index contributed by atoms with van der Waals surface area (Å²) in [5.74, 6) is 1.02. The van der Waals surface area contributed by atoms with Crippen LogP contribution in [0.15, 0.2) is 46.2 Å². The van der Waals surface area contributed by atoms with Crippen molar-refractivity contribution in [2.75, 3.05) is 24.8 Å². The summed E-state index contributed by atoms with van der Waals surface area (Å²) in [5, 5.41) is 13.4. The van der Waals surface area contributed by atoms with Gasteiger partial charge in [-0.3, -0.25) is 14.2 Å². The maximum Gasteiger partial charge on any atom is 0.281 e. The molecule has 0 radical (unpaired) electrons. The first-order valence-corrected chi connectivity index (χ1v) is 10.8. The zero-order chi connectivity index (χ0) is 23.8. The van der Waals surface area contributed by atoms with E-state index in [2.05, 4.69) is 31.0 Å². The van der Waals surface area contributed by atoms with Crippen LogP contribution in [0.2, 0.25) is 0 Å². The Kier molecular flexibility index (Phi) is 5.49. The molecule has 2 atom stereocenters. The van der Waals surface area contributed by atoms with Crippen LogP contribution in [0.1, 0.15) is 28.9 Å². The Balaban J connectivity index is 1.49. The molecule has 12 nitrogen and oxygen atoms in total. The van der Waals surface area contributed by atoms with Gasteiger partial charge in [0.1, 0.15) is 28.6 Å². The molecule has 0 saturated heterocycles. The maximum absolute atomic E-state index is 13.1. The molecular weight excluding hydrogens is 440 g/mol. The molecular formula is C22H24N8O4. The van der Waals surface area contributed by atoms with Gasteiger partial charge in [0.2, 0.25) is 5.88 Å². The summed E-state index contributed by atoms with van der Waals surface area (Å²) in [6.07, 6.45) is 6.15. The van der Waals surface area contributed by atoms with Gasteiger partial charge in [-0.1, -0.05) is 0 Å². The highest BCUT2D eigenvalue weighted by Gasteiger charge is 2.33. The van der Waals surface area contributed by atoms with Crippen molar-refractivity contribution in [3.8, 4) is 5.88 Å². The van der Waals surface area contributed by atoms with Gasteiger partial charge in [0.15, 0.2) is 12.0 Å². The van der Waals surface area contributed by atoms with E-state index in [1.165, 1.54) is 21.7 Å². The summed E-state index contributed by atoms with van der Waals surface area (Å²) < 4.78 is 13.6. The predicted molar refractivity (Wildman–Crippen MR) is 124 cm³/mol. The molecule has 0 bridgehead atoms. The van der Waals surface area contributed by atoms with Crippen LogP contribution in [0.25, 0.3) is 11.5 Å². The van der Waals surface area contributed by atoms with E-state index in [4.69, 9.17) is 9.15 Å². The highest BCUT2D eigenvalue weighted by atomic mass is 16.5. The van der Waals surface area contributed by atoms with E-state index in [9.17, 15) is 9.59 Å². The highest BCUT2D eigenvalue weighted by molar-refractivity contribution is 6.00. The number of ether oxygens (including phenoxy) is 1. The molecule has 0 spiro atoms. The highest BCUT2D eigenvalue weighted by Crippen LogP contribution is 2.25. The van der Waals surface area contributed by atoms with Crippen LogP contribution in [0, 0.1) is 6.92 Å². The van der Waals surface area contributed by atoms with E-state index in [0.717, 1.165) is 12.8 Å². The fourth-order valence-corrected chi connectivity index (χ4v) is 3.94. The fraction of sp³-hybridized carbons (Fsp3) is 0.318. The minimum Gasteiger partial charge on any atom is -0.427 e. The number of anilines is 3. The van der Waals surface area contributed by atoms with Crippen molar-refractivity contribution in [1.29, 1.82) is 0 Å². The predicted octanol–water partition coefficient (Wildman–Crippen LogP) is 1.87. The Labute approximate surface area is 194 Å². The molecule has 12 heteroatoms. The second-order valence-corrected chi connectivity index (χ2v) is 7.97. The first kappa shape index (κ1) is 21.6. The molecule has 1 fully saturated rings. The number of carbonyl (C=O) groups excluding carboxylic acids is 1. The lowest BCUT2D eigenvalue weighted by Crippen LogP contribution is -2.51. The van der Waals surface area contributed by atoms with Gasteiger partial charge in [0.25, 0.3) is 11.5 Å². The number of hydrogen-bond donors (Lipinski definition) is 3. The van der Waals surface area contributed by atoms with Crippen LogP contribution in [0.5, 0.6) is 0 Å². The zero-order valence-electron chi connectivity index (χ0n) is 18.9. The second kappa shape index (κ2) is 8.63. The zero-order valence-corrected chi connectivity index (χ0v) is 18.9. The Bertz CT molecular complexity index is 1420. The lowest BCUT2D eigenvalue weighted by atomic mass is 9.89. The first-order chi connectivity index (χ1) is 16.5. The third-order valence-corrected chi connectivity index (χ3v) is 5.95. The van der Waals surface area contributed by atoms with Crippen molar-refractivity contribution < 1.29 is 13.9 Å². The van der Waals surface area contributed by atoms with Crippen molar-refractivity contribution in [3.63, 3.8) is 0 Å². The van der Waals surface area contributed by atoms with E-state index in [0.29, 0.717) is 34.4 Å². The lowest BCUT2D eigenvalue weighted by molar-refractivity contribution is 0.00732. The van der Waals surface area contributed by atoms with Crippen molar-refractivity contribution in [2.24, 2.45) is 0 Å². The molecule has 2 unspecified atom stereocenters. The van der Waals surface area contributed by atoms with Gasteiger partial charge in [-0.25, -0.2) is 9.97 Å². The SMILES string of the molecule is CNc1cc(Nc2cccn(-c3ocnc3C)c2=O)nc2c(C(=O)NC3CCC3OC)cnn12. The number of methoxy groups -OCH3 is 1. The van der Waals surface area contributed by atoms with Crippen molar-refractivity contribution in [3.05, 3.63) is 58.6 Å². The second-order valence-electron chi connectivity index (χ2n) is 7.97. The molecule has 1 aliphatic carbocycles. The molecule has 5 rings (SSSR count). The van der Waals surface area contributed by atoms with Gasteiger partial charge in [0, 0.05) is 26.4 Å². The Morgan fingerprint density at radius 3 is 2.85 bits per heavy atom. The molecule has 176 valence electrons. The summed E-state index contributed by atoms with van der Waals surface area (Å²) >= 11 is 0. The largest absolute Gasteiger partial charge is 0.427 e. The molecule has 0 aliphatic heterocycles. The summed E-state index contributed by atoms with van der Waals surface area (Å²) in [7, 11) is 3.37. The number of amides is 1. The number of carbonyl (C=O) groups is 1. The number of nitrogens with one attached hydrogen (secondary N) is 3. The van der Waals surface area contributed by atoms with Crippen molar-refractivity contribution >= 4 is 28.9 Å². The number of pyridine rings is 1. The van der Waals surface area contributed by atoms with Crippen LogP contribution in [0.4, 0.5) is 17.3 Å². The van der Waals surface area contributed by atoms with Gasteiger partial charge in [0.05, 0.1) is 18.3 Å². The Hall–Kier alpha value is -4.19. The average Bonchev–Trinajstić information content (AvgIpc) is 3.44. The van der Waals surface area contributed by atoms with E-state index >= 15 is 0 Å². The molecule has 1 aliphatic rings. The van der Waals surface area contributed by atoms with Gasteiger partial charge in [-0.15, -0.1) is 0 Å². The number of hydrogen-bond acceptors (Lipinski definition) is 9.